The summed E-state index contributed by atoms with van der Waals surface area (Å²) < 4.78 is 11.0. The Morgan fingerprint density at radius 1 is 1.18 bits per heavy atom. The molecule has 2 N–H and O–H groups in total. The Balaban J connectivity index is 2.15. The molecular formula is C18H21NO3. The van der Waals surface area contributed by atoms with Crippen LogP contribution in [0.25, 0.3) is 0 Å². The van der Waals surface area contributed by atoms with Crippen molar-refractivity contribution in [3.8, 4) is 11.5 Å². The van der Waals surface area contributed by atoms with Gasteiger partial charge in [0.2, 0.25) is 0 Å². The molecule has 4 heteroatoms. The molecule has 2 rings (SSSR count). The van der Waals surface area contributed by atoms with E-state index in [0.717, 1.165) is 11.8 Å². The quantitative estimate of drug-likeness (QED) is 0.651. The van der Waals surface area contributed by atoms with Crippen molar-refractivity contribution in [2.45, 2.75) is 26.4 Å². The molecule has 0 heterocycles. The van der Waals surface area contributed by atoms with Gasteiger partial charge in [-0.05, 0) is 29.2 Å². The first kappa shape index (κ1) is 15.9. The summed E-state index contributed by atoms with van der Waals surface area (Å²) >= 11 is 0. The third-order valence-corrected chi connectivity index (χ3v) is 3.49. The highest BCUT2D eigenvalue weighted by Gasteiger charge is 2.11. The first-order valence-electron chi connectivity index (χ1n) is 7.19. The lowest BCUT2D eigenvalue weighted by Gasteiger charge is -2.14. The van der Waals surface area contributed by atoms with E-state index in [1.165, 1.54) is 12.7 Å². The summed E-state index contributed by atoms with van der Waals surface area (Å²) in [7, 11) is 1.52. The highest BCUT2D eigenvalue weighted by Crippen LogP contribution is 2.35. The molecule has 2 aromatic rings. The number of carbonyl (C=O) groups excluding carboxylic acids is 1. The van der Waals surface area contributed by atoms with E-state index in [2.05, 4.69) is 26.0 Å². The van der Waals surface area contributed by atoms with Crippen LogP contribution in [0.3, 0.4) is 0 Å². The minimum absolute atomic E-state index is 0.388. The first-order valence-corrected chi connectivity index (χ1v) is 7.19. The largest absolute Gasteiger partial charge is 0.493 e. The van der Waals surface area contributed by atoms with Gasteiger partial charge in [0, 0.05) is 5.56 Å². The summed E-state index contributed by atoms with van der Waals surface area (Å²) in [4.78, 5) is 10.9. The van der Waals surface area contributed by atoms with E-state index >= 15 is 0 Å². The van der Waals surface area contributed by atoms with Crippen molar-refractivity contribution in [2.24, 2.45) is 0 Å². The lowest BCUT2D eigenvalue weighted by Crippen LogP contribution is -2.02. The van der Waals surface area contributed by atoms with Gasteiger partial charge in [-0.25, -0.2) is 0 Å². The van der Waals surface area contributed by atoms with Crippen LogP contribution >= 0.6 is 0 Å². The maximum Gasteiger partial charge on any atom is 0.184 e. The van der Waals surface area contributed by atoms with Crippen molar-refractivity contribution in [3.05, 3.63) is 53.1 Å². The highest BCUT2D eigenvalue weighted by atomic mass is 16.5. The smallest absolute Gasteiger partial charge is 0.184 e. The summed E-state index contributed by atoms with van der Waals surface area (Å²) in [5.74, 6) is 1.42. The van der Waals surface area contributed by atoms with Crippen LogP contribution in [0.1, 0.15) is 41.3 Å². The zero-order valence-electron chi connectivity index (χ0n) is 13.1. The van der Waals surface area contributed by atoms with Crippen molar-refractivity contribution in [1.29, 1.82) is 0 Å². The number of hydrogen-bond donors (Lipinski definition) is 1. The van der Waals surface area contributed by atoms with Gasteiger partial charge in [-0.1, -0.05) is 38.1 Å². The second-order valence-corrected chi connectivity index (χ2v) is 5.44. The Morgan fingerprint density at radius 2 is 1.86 bits per heavy atom. The molecule has 0 aliphatic rings. The third-order valence-electron chi connectivity index (χ3n) is 3.49. The number of anilines is 1. The number of nitrogen functional groups attached to an aromatic ring is 1. The number of nitrogens with two attached hydrogens (primary N) is 1. The van der Waals surface area contributed by atoms with Gasteiger partial charge in [0.15, 0.2) is 11.5 Å². The van der Waals surface area contributed by atoms with E-state index < -0.39 is 0 Å². The maximum atomic E-state index is 10.9. The van der Waals surface area contributed by atoms with E-state index in [1.54, 1.807) is 12.1 Å². The molecule has 0 unspecified atom stereocenters. The molecule has 22 heavy (non-hydrogen) atoms. The summed E-state index contributed by atoms with van der Waals surface area (Å²) in [5, 5.41) is 0. The van der Waals surface area contributed by atoms with Crippen LogP contribution in [-0.2, 0) is 6.61 Å². The summed E-state index contributed by atoms with van der Waals surface area (Å²) in [6.07, 6.45) is 0.729. The number of ether oxygens (including phenoxy) is 2. The van der Waals surface area contributed by atoms with E-state index in [-0.39, 0.29) is 0 Å². The SMILES string of the molecule is COc1cc(C=O)cc(N)c1OCc1ccc(C(C)C)cc1. The van der Waals surface area contributed by atoms with Gasteiger partial charge in [0.05, 0.1) is 12.8 Å². The lowest BCUT2D eigenvalue weighted by molar-refractivity contribution is 0.112. The van der Waals surface area contributed by atoms with Crippen LogP contribution in [0.4, 0.5) is 5.69 Å². The second kappa shape index (κ2) is 6.98. The average molecular weight is 299 g/mol. The molecular weight excluding hydrogens is 278 g/mol. The third kappa shape index (κ3) is 3.58. The van der Waals surface area contributed by atoms with Gasteiger partial charge >= 0.3 is 0 Å². The van der Waals surface area contributed by atoms with Crippen LogP contribution in [0.5, 0.6) is 11.5 Å². The zero-order chi connectivity index (χ0) is 16.1. The molecule has 2 aromatic carbocycles. The van der Waals surface area contributed by atoms with Crippen LogP contribution in [0.2, 0.25) is 0 Å². The molecule has 0 aliphatic heterocycles. The number of methoxy groups -OCH3 is 1. The molecule has 0 aromatic heterocycles. The summed E-state index contributed by atoms with van der Waals surface area (Å²) in [6, 6.07) is 11.5. The van der Waals surface area contributed by atoms with Gasteiger partial charge in [0.1, 0.15) is 12.9 Å². The molecule has 0 amide bonds. The Labute approximate surface area is 130 Å². The van der Waals surface area contributed by atoms with Gasteiger partial charge < -0.3 is 15.2 Å². The average Bonchev–Trinajstić information content (AvgIpc) is 2.53. The van der Waals surface area contributed by atoms with Crippen molar-refractivity contribution in [3.63, 3.8) is 0 Å². The van der Waals surface area contributed by atoms with Gasteiger partial charge in [-0.15, -0.1) is 0 Å². The zero-order valence-corrected chi connectivity index (χ0v) is 13.1. The van der Waals surface area contributed by atoms with Crippen molar-refractivity contribution < 1.29 is 14.3 Å². The molecule has 4 nitrogen and oxygen atoms in total. The van der Waals surface area contributed by atoms with Crippen LogP contribution in [-0.4, -0.2) is 13.4 Å². The normalized spacial score (nSPS) is 10.5. The minimum atomic E-state index is 0.388. The fraction of sp³-hybridized carbons (Fsp3) is 0.278. The van der Waals surface area contributed by atoms with Crippen molar-refractivity contribution in [1.82, 2.24) is 0 Å². The van der Waals surface area contributed by atoms with Crippen molar-refractivity contribution >= 4 is 12.0 Å². The topological polar surface area (TPSA) is 61.5 Å². The van der Waals surface area contributed by atoms with Crippen LogP contribution < -0.4 is 15.2 Å². The Morgan fingerprint density at radius 3 is 2.41 bits per heavy atom. The minimum Gasteiger partial charge on any atom is -0.493 e. The molecule has 0 fully saturated rings. The molecule has 0 atom stereocenters. The fourth-order valence-electron chi connectivity index (χ4n) is 2.17. The number of benzene rings is 2. The molecule has 0 aliphatic carbocycles. The van der Waals surface area contributed by atoms with Gasteiger partial charge in [-0.3, -0.25) is 4.79 Å². The number of rotatable bonds is 6. The molecule has 116 valence electrons. The van der Waals surface area contributed by atoms with E-state index in [9.17, 15) is 4.79 Å². The van der Waals surface area contributed by atoms with Gasteiger partial charge in [0.25, 0.3) is 0 Å². The van der Waals surface area contributed by atoms with E-state index in [0.29, 0.717) is 35.3 Å². The predicted octanol–water partition coefficient (Wildman–Crippen LogP) is 3.79. The van der Waals surface area contributed by atoms with E-state index in [4.69, 9.17) is 15.2 Å². The molecule has 0 bridgehead atoms. The molecule has 0 saturated heterocycles. The molecule has 0 spiro atoms. The standard InChI is InChI=1S/C18H21NO3/c1-12(2)15-6-4-13(5-7-15)11-22-18-16(19)8-14(10-20)9-17(18)21-3/h4-10,12H,11,19H2,1-3H3. The number of aldehydes is 1. The Kier molecular flexibility index (Phi) is 5.04. The van der Waals surface area contributed by atoms with Crippen LogP contribution in [0, 0.1) is 0 Å². The summed E-state index contributed by atoms with van der Waals surface area (Å²) in [5.41, 5.74) is 9.12. The highest BCUT2D eigenvalue weighted by molar-refractivity contribution is 5.80. The second-order valence-electron chi connectivity index (χ2n) is 5.44. The Bertz CT molecular complexity index is 648. The summed E-state index contributed by atoms with van der Waals surface area (Å²) in [6.45, 7) is 4.71. The molecule has 0 saturated carbocycles. The van der Waals surface area contributed by atoms with E-state index in [1.807, 2.05) is 12.1 Å². The number of hydrogen-bond acceptors (Lipinski definition) is 4. The Hall–Kier alpha value is -2.49. The predicted molar refractivity (Wildman–Crippen MR) is 87.7 cm³/mol. The number of carbonyl (C=O) groups is 1. The first-order chi connectivity index (χ1) is 10.5. The van der Waals surface area contributed by atoms with Crippen molar-refractivity contribution in [2.75, 3.05) is 12.8 Å². The lowest BCUT2D eigenvalue weighted by atomic mass is 10.0. The fourth-order valence-corrected chi connectivity index (χ4v) is 2.17. The van der Waals surface area contributed by atoms with Gasteiger partial charge in [-0.2, -0.15) is 0 Å². The molecule has 0 radical (unpaired) electrons. The maximum absolute atomic E-state index is 10.9. The monoisotopic (exact) mass is 299 g/mol. The van der Waals surface area contributed by atoms with Crippen LogP contribution in [0.15, 0.2) is 36.4 Å².